The first-order valence-electron chi connectivity index (χ1n) is 6.32. The van der Waals surface area contributed by atoms with Crippen molar-refractivity contribution in [1.29, 1.82) is 0 Å². The lowest BCUT2D eigenvalue weighted by molar-refractivity contribution is -0.127. The van der Waals surface area contributed by atoms with E-state index in [0.717, 1.165) is 5.69 Å². The van der Waals surface area contributed by atoms with Gasteiger partial charge in [0.2, 0.25) is 0 Å². The van der Waals surface area contributed by atoms with E-state index in [2.05, 4.69) is 15.3 Å². The van der Waals surface area contributed by atoms with Gasteiger partial charge in [-0.05, 0) is 31.2 Å². The van der Waals surface area contributed by atoms with E-state index in [1.165, 1.54) is 0 Å². The average molecular weight is 294 g/mol. The zero-order valence-corrected chi connectivity index (χ0v) is 11.9. The number of imidazole rings is 1. The molecule has 2 N–H and O–H groups in total. The van der Waals surface area contributed by atoms with Gasteiger partial charge in [-0.2, -0.15) is 0 Å². The molecule has 1 aromatic heterocycles. The third kappa shape index (κ3) is 4.28. The summed E-state index contributed by atoms with van der Waals surface area (Å²) >= 11 is 5.79. The number of aromatic amines is 1. The third-order valence-corrected chi connectivity index (χ3v) is 3.00. The summed E-state index contributed by atoms with van der Waals surface area (Å²) in [6.45, 7) is 2.25. The topological polar surface area (TPSA) is 67.0 Å². The number of nitrogens with one attached hydrogen (secondary N) is 2. The Labute approximate surface area is 122 Å². The predicted octanol–water partition coefficient (Wildman–Crippen LogP) is 2.19. The van der Waals surface area contributed by atoms with E-state index in [4.69, 9.17) is 16.3 Å². The molecule has 0 aliphatic heterocycles. The number of carbonyl (C=O) groups excluding carboxylic acids is 1. The van der Waals surface area contributed by atoms with E-state index in [9.17, 15) is 4.79 Å². The average Bonchev–Trinajstić information content (AvgIpc) is 2.94. The highest BCUT2D eigenvalue weighted by atomic mass is 35.5. The molecule has 0 radical (unpaired) electrons. The van der Waals surface area contributed by atoms with Gasteiger partial charge in [-0.25, -0.2) is 4.98 Å². The van der Waals surface area contributed by atoms with Gasteiger partial charge in [-0.15, -0.1) is 0 Å². The van der Waals surface area contributed by atoms with E-state index < -0.39 is 6.10 Å². The van der Waals surface area contributed by atoms with Gasteiger partial charge in [0.1, 0.15) is 5.75 Å². The van der Waals surface area contributed by atoms with Crippen molar-refractivity contribution in [2.24, 2.45) is 0 Å². The van der Waals surface area contributed by atoms with Crippen LogP contribution in [0.4, 0.5) is 0 Å². The van der Waals surface area contributed by atoms with Crippen LogP contribution in [0, 0.1) is 0 Å². The molecule has 106 valence electrons. The van der Waals surface area contributed by atoms with Crippen molar-refractivity contribution in [3.8, 4) is 5.75 Å². The molecule has 0 spiro atoms. The molecule has 1 aromatic carbocycles. The van der Waals surface area contributed by atoms with Crippen molar-refractivity contribution in [3.05, 3.63) is 47.5 Å². The van der Waals surface area contributed by atoms with Crippen LogP contribution in [0.25, 0.3) is 0 Å². The second-order valence-electron chi connectivity index (χ2n) is 4.33. The van der Waals surface area contributed by atoms with Crippen LogP contribution >= 0.6 is 11.6 Å². The molecule has 0 aliphatic carbocycles. The molecule has 1 unspecified atom stereocenters. The fourth-order valence-corrected chi connectivity index (χ4v) is 1.78. The Morgan fingerprint density at radius 1 is 1.45 bits per heavy atom. The number of ether oxygens (including phenoxy) is 1. The molecular formula is C14H16ClN3O2. The van der Waals surface area contributed by atoms with Gasteiger partial charge in [-0.3, -0.25) is 4.79 Å². The highest BCUT2D eigenvalue weighted by Gasteiger charge is 2.13. The van der Waals surface area contributed by atoms with Crippen LogP contribution in [0.5, 0.6) is 5.75 Å². The predicted molar refractivity (Wildman–Crippen MR) is 76.8 cm³/mol. The van der Waals surface area contributed by atoms with E-state index in [-0.39, 0.29) is 5.91 Å². The Kier molecular flexibility index (Phi) is 5.01. The molecule has 0 bridgehead atoms. The smallest absolute Gasteiger partial charge is 0.260 e. The van der Waals surface area contributed by atoms with Crippen molar-refractivity contribution in [2.45, 2.75) is 19.4 Å². The van der Waals surface area contributed by atoms with Crippen molar-refractivity contribution in [2.75, 3.05) is 6.54 Å². The molecule has 2 aromatic rings. The zero-order valence-electron chi connectivity index (χ0n) is 11.1. The van der Waals surface area contributed by atoms with E-state index in [1.54, 1.807) is 43.7 Å². The van der Waals surface area contributed by atoms with Crippen LogP contribution < -0.4 is 10.1 Å². The highest BCUT2D eigenvalue weighted by molar-refractivity contribution is 6.30. The molecule has 1 amide bonds. The Hall–Kier alpha value is -2.01. The van der Waals surface area contributed by atoms with Crippen LogP contribution in [-0.4, -0.2) is 28.5 Å². The summed E-state index contributed by atoms with van der Waals surface area (Å²) in [7, 11) is 0. The quantitative estimate of drug-likeness (QED) is 0.858. The lowest BCUT2D eigenvalue weighted by atomic mass is 10.3. The van der Waals surface area contributed by atoms with Crippen LogP contribution in [0.2, 0.25) is 5.02 Å². The first-order chi connectivity index (χ1) is 9.65. The number of nitrogens with zero attached hydrogens (tertiary/aromatic N) is 1. The molecule has 2 rings (SSSR count). The number of amides is 1. The maximum absolute atomic E-state index is 11.9. The first kappa shape index (κ1) is 14.4. The Balaban J connectivity index is 1.75. The zero-order chi connectivity index (χ0) is 14.4. The summed E-state index contributed by atoms with van der Waals surface area (Å²) in [5, 5.41) is 3.45. The van der Waals surface area contributed by atoms with Crippen molar-refractivity contribution < 1.29 is 9.53 Å². The van der Waals surface area contributed by atoms with Crippen LogP contribution in [0.1, 0.15) is 12.6 Å². The summed E-state index contributed by atoms with van der Waals surface area (Å²) in [6, 6.07) is 6.91. The molecule has 1 atom stereocenters. The number of halogens is 1. The molecule has 0 saturated heterocycles. The summed E-state index contributed by atoms with van der Waals surface area (Å²) in [4.78, 5) is 18.7. The molecule has 5 nitrogen and oxygen atoms in total. The number of carbonyl (C=O) groups is 1. The molecule has 20 heavy (non-hydrogen) atoms. The number of benzene rings is 1. The number of hydrogen-bond donors (Lipinski definition) is 2. The monoisotopic (exact) mass is 293 g/mol. The molecule has 6 heteroatoms. The van der Waals surface area contributed by atoms with Crippen molar-refractivity contribution in [3.63, 3.8) is 0 Å². The fraction of sp³-hybridized carbons (Fsp3) is 0.286. The summed E-state index contributed by atoms with van der Waals surface area (Å²) in [6.07, 6.45) is 3.50. The van der Waals surface area contributed by atoms with Crippen LogP contribution in [-0.2, 0) is 11.2 Å². The summed E-state index contributed by atoms with van der Waals surface area (Å²) in [5.74, 6) is 0.463. The second kappa shape index (κ2) is 6.96. The maximum Gasteiger partial charge on any atom is 0.260 e. The van der Waals surface area contributed by atoms with Crippen LogP contribution in [0.3, 0.4) is 0 Å². The lowest BCUT2D eigenvalue weighted by Crippen LogP contribution is -2.37. The lowest BCUT2D eigenvalue weighted by Gasteiger charge is -2.14. The molecular weight excluding hydrogens is 278 g/mol. The molecule has 1 heterocycles. The van der Waals surface area contributed by atoms with Crippen LogP contribution in [0.15, 0.2) is 36.8 Å². The van der Waals surface area contributed by atoms with Gasteiger partial charge in [0, 0.05) is 29.9 Å². The number of H-pyrrole nitrogens is 1. The highest BCUT2D eigenvalue weighted by Crippen LogP contribution is 2.16. The SMILES string of the molecule is CC(Oc1ccc(Cl)cc1)C(=O)NCCc1cnc[nH]1. The Bertz CT molecular complexity index is 540. The number of rotatable bonds is 6. The molecule has 0 aliphatic rings. The van der Waals surface area contributed by atoms with Gasteiger partial charge in [0.05, 0.1) is 6.33 Å². The van der Waals surface area contributed by atoms with Gasteiger partial charge >= 0.3 is 0 Å². The Morgan fingerprint density at radius 2 is 2.20 bits per heavy atom. The standard InChI is InChI=1S/C14H16ClN3O2/c1-10(20-13-4-2-11(15)3-5-13)14(19)17-7-6-12-8-16-9-18-12/h2-5,8-10H,6-7H2,1H3,(H,16,18)(H,17,19). The van der Waals surface area contributed by atoms with E-state index >= 15 is 0 Å². The fourth-order valence-electron chi connectivity index (χ4n) is 1.66. The second-order valence-corrected chi connectivity index (χ2v) is 4.77. The van der Waals surface area contributed by atoms with Gasteiger partial charge in [-0.1, -0.05) is 11.6 Å². The van der Waals surface area contributed by atoms with E-state index in [1.807, 2.05) is 0 Å². The van der Waals surface area contributed by atoms with Gasteiger partial charge in [0.15, 0.2) is 6.10 Å². The summed E-state index contributed by atoms with van der Waals surface area (Å²) in [5.41, 5.74) is 0.983. The van der Waals surface area contributed by atoms with Gasteiger partial charge < -0.3 is 15.0 Å². The molecule has 0 saturated carbocycles. The van der Waals surface area contributed by atoms with Crippen molar-refractivity contribution >= 4 is 17.5 Å². The largest absolute Gasteiger partial charge is 0.481 e. The third-order valence-electron chi connectivity index (χ3n) is 2.74. The summed E-state index contributed by atoms with van der Waals surface area (Å²) < 4.78 is 5.53. The maximum atomic E-state index is 11.9. The Morgan fingerprint density at radius 3 is 2.85 bits per heavy atom. The minimum Gasteiger partial charge on any atom is -0.481 e. The normalized spacial score (nSPS) is 11.9. The number of hydrogen-bond acceptors (Lipinski definition) is 3. The van der Waals surface area contributed by atoms with Crippen molar-refractivity contribution in [1.82, 2.24) is 15.3 Å². The molecule has 0 fully saturated rings. The van der Waals surface area contributed by atoms with E-state index in [0.29, 0.717) is 23.7 Å². The first-order valence-corrected chi connectivity index (χ1v) is 6.70. The minimum atomic E-state index is -0.557. The minimum absolute atomic E-state index is 0.153. The van der Waals surface area contributed by atoms with Gasteiger partial charge in [0.25, 0.3) is 5.91 Å². The number of aromatic nitrogens is 2.